The van der Waals surface area contributed by atoms with Crippen molar-refractivity contribution in [3.63, 3.8) is 0 Å². The van der Waals surface area contributed by atoms with Crippen LogP contribution in [0.2, 0.25) is 0 Å². The normalized spacial score (nSPS) is 19.5. The average molecular weight is 349 g/mol. The molecule has 9 heteroatoms. The maximum atomic E-state index is 12.1. The van der Waals surface area contributed by atoms with Gasteiger partial charge in [0.05, 0.1) is 0 Å². The number of carbonyl (C=O) groups is 2. The van der Waals surface area contributed by atoms with E-state index in [1.54, 1.807) is 4.68 Å². The van der Waals surface area contributed by atoms with Gasteiger partial charge in [-0.1, -0.05) is 11.5 Å². The van der Waals surface area contributed by atoms with Crippen molar-refractivity contribution in [2.24, 2.45) is 0 Å². The maximum Gasteiger partial charge on any atom is 0.246 e. The van der Waals surface area contributed by atoms with Crippen molar-refractivity contribution in [2.75, 3.05) is 44.2 Å². The second kappa shape index (κ2) is 8.26. The third kappa shape index (κ3) is 4.26. The van der Waals surface area contributed by atoms with E-state index in [0.29, 0.717) is 32.0 Å². The minimum atomic E-state index is 0.110. The highest BCUT2D eigenvalue weighted by molar-refractivity contribution is 5.82. The van der Waals surface area contributed by atoms with Gasteiger partial charge in [-0.05, 0) is 36.6 Å². The quantitative estimate of drug-likeness (QED) is 0.726. The highest BCUT2D eigenvalue weighted by atomic mass is 16.2. The largest absolute Gasteiger partial charge is 0.343 e. The molecule has 2 amide bonds. The Bertz CT molecular complexity index is 603. The van der Waals surface area contributed by atoms with Gasteiger partial charge in [-0.25, -0.2) is 4.68 Å². The predicted octanol–water partition coefficient (Wildman–Crippen LogP) is 0.134. The van der Waals surface area contributed by atoms with Crippen molar-refractivity contribution in [3.8, 4) is 0 Å². The average Bonchev–Trinajstić information content (AvgIpc) is 2.98. The van der Waals surface area contributed by atoms with Crippen molar-refractivity contribution in [3.05, 3.63) is 0 Å². The van der Waals surface area contributed by atoms with Crippen LogP contribution in [0, 0.1) is 0 Å². The monoisotopic (exact) mass is 349 g/mol. The van der Waals surface area contributed by atoms with Crippen molar-refractivity contribution >= 4 is 17.8 Å². The van der Waals surface area contributed by atoms with Gasteiger partial charge in [0.1, 0.15) is 6.54 Å². The van der Waals surface area contributed by atoms with Gasteiger partial charge in [0.2, 0.25) is 17.8 Å². The molecular formula is C16H27N7O2. The fraction of sp³-hybridized carbons (Fsp3) is 0.812. The van der Waals surface area contributed by atoms with Gasteiger partial charge in [0.15, 0.2) is 0 Å². The van der Waals surface area contributed by atoms with Crippen LogP contribution in [0.4, 0.5) is 5.95 Å². The van der Waals surface area contributed by atoms with Crippen molar-refractivity contribution in [1.82, 2.24) is 30.0 Å². The highest BCUT2D eigenvalue weighted by Crippen LogP contribution is 2.15. The third-order valence-corrected chi connectivity index (χ3v) is 4.97. The number of piperazine rings is 1. The molecule has 0 saturated carbocycles. The lowest BCUT2D eigenvalue weighted by molar-refractivity contribution is -0.131. The molecule has 0 atom stereocenters. The topological polar surface area (TPSA) is 87.5 Å². The second-order valence-corrected chi connectivity index (χ2v) is 6.64. The summed E-state index contributed by atoms with van der Waals surface area (Å²) >= 11 is 0. The SMILES string of the molecule is CCN1CCN(c2nnnn2CCCN2CCCCCC2=O)CC1=O. The van der Waals surface area contributed by atoms with Crippen LogP contribution in [-0.4, -0.2) is 81.1 Å². The number of hydrogen-bond donors (Lipinski definition) is 0. The molecule has 2 aliphatic rings. The molecule has 0 bridgehead atoms. The van der Waals surface area contributed by atoms with Gasteiger partial charge < -0.3 is 14.7 Å². The Morgan fingerprint density at radius 2 is 1.84 bits per heavy atom. The van der Waals surface area contributed by atoms with Crippen LogP contribution in [0.3, 0.4) is 0 Å². The van der Waals surface area contributed by atoms with Gasteiger partial charge in [-0.2, -0.15) is 0 Å². The number of amides is 2. The number of likely N-dealkylation sites (N-methyl/N-ethyl adjacent to an activating group) is 1. The summed E-state index contributed by atoms with van der Waals surface area (Å²) in [6.45, 7) is 6.72. The predicted molar refractivity (Wildman–Crippen MR) is 91.9 cm³/mol. The number of carbonyl (C=O) groups excluding carboxylic acids is 2. The van der Waals surface area contributed by atoms with E-state index in [1.165, 1.54) is 0 Å². The molecule has 3 rings (SSSR count). The van der Waals surface area contributed by atoms with Crippen LogP contribution >= 0.6 is 0 Å². The number of hydrogen-bond acceptors (Lipinski definition) is 6. The minimum absolute atomic E-state index is 0.110. The zero-order chi connectivity index (χ0) is 17.6. The van der Waals surface area contributed by atoms with E-state index in [0.717, 1.165) is 51.9 Å². The summed E-state index contributed by atoms with van der Waals surface area (Å²) in [6.07, 6.45) is 4.71. The van der Waals surface area contributed by atoms with Gasteiger partial charge in [-0.3, -0.25) is 9.59 Å². The molecule has 3 heterocycles. The lowest BCUT2D eigenvalue weighted by Crippen LogP contribution is -2.51. The van der Waals surface area contributed by atoms with Crippen molar-refractivity contribution in [2.45, 2.75) is 45.6 Å². The number of anilines is 1. The second-order valence-electron chi connectivity index (χ2n) is 6.64. The van der Waals surface area contributed by atoms with Crippen LogP contribution in [-0.2, 0) is 16.1 Å². The Kier molecular flexibility index (Phi) is 5.83. The van der Waals surface area contributed by atoms with Crippen LogP contribution < -0.4 is 4.90 Å². The Labute approximate surface area is 147 Å². The van der Waals surface area contributed by atoms with Crippen molar-refractivity contribution in [1.29, 1.82) is 0 Å². The van der Waals surface area contributed by atoms with E-state index in [4.69, 9.17) is 0 Å². The van der Waals surface area contributed by atoms with E-state index >= 15 is 0 Å². The lowest BCUT2D eigenvalue weighted by Gasteiger charge is -2.33. The van der Waals surface area contributed by atoms with E-state index < -0.39 is 0 Å². The van der Waals surface area contributed by atoms with Crippen LogP contribution in [0.15, 0.2) is 0 Å². The number of likely N-dealkylation sites (tertiary alicyclic amines) is 1. The first kappa shape index (κ1) is 17.6. The molecule has 0 unspecified atom stereocenters. The molecule has 1 aromatic heterocycles. The molecular weight excluding hydrogens is 322 g/mol. The standard InChI is InChI=1S/C16H27N7O2/c1-2-20-11-12-22(13-15(20)25)16-17-18-19-23(16)10-6-9-21-8-5-3-4-7-14(21)24/h2-13H2,1H3. The molecule has 0 aliphatic carbocycles. The maximum absolute atomic E-state index is 12.1. The highest BCUT2D eigenvalue weighted by Gasteiger charge is 2.26. The van der Waals surface area contributed by atoms with Crippen LogP contribution in [0.5, 0.6) is 0 Å². The zero-order valence-corrected chi connectivity index (χ0v) is 14.9. The molecule has 2 saturated heterocycles. The fourth-order valence-electron chi connectivity index (χ4n) is 3.47. The Morgan fingerprint density at radius 3 is 2.64 bits per heavy atom. The summed E-state index contributed by atoms with van der Waals surface area (Å²) in [7, 11) is 0. The summed E-state index contributed by atoms with van der Waals surface area (Å²) < 4.78 is 1.75. The molecule has 0 spiro atoms. The van der Waals surface area contributed by atoms with E-state index in [-0.39, 0.29) is 11.8 Å². The number of aryl methyl sites for hydroxylation is 1. The summed E-state index contributed by atoms with van der Waals surface area (Å²) in [4.78, 5) is 29.9. The number of tetrazole rings is 1. The fourth-order valence-corrected chi connectivity index (χ4v) is 3.47. The van der Waals surface area contributed by atoms with Gasteiger partial charge >= 0.3 is 0 Å². The van der Waals surface area contributed by atoms with E-state index in [2.05, 4.69) is 15.5 Å². The first-order chi connectivity index (χ1) is 12.2. The molecule has 1 aromatic rings. The zero-order valence-electron chi connectivity index (χ0n) is 14.9. The first-order valence-electron chi connectivity index (χ1n) is 9.25. The van der Waals surface area contributed by atoms with Crippen LogP contribution in [0.25, 0.3) is 0 Å². The summed E-state index contributed by atoms with van der Waals surface area (Å²) in [6, 6.07) is 0. The molecule has 0 radical (unpaired) electrons. The first-order valence-corrected chi connectivity index (χ1v) is 9.25. The Balaban J connectivity index is 1.53. The Morgan fingerprint density at radius 1 is 0.960 bits per heavy atom. The summed E-state index contributed by atoms with van der Waals surface area (Å²) in [5.74, 6) is 1.01. The van der Waals surface area contributed by atoms with E-state index in [1.807, 2.05) is 21.6 Å². The van der Waals surface area contributed by atoms with E-state index in [9.17, 15) is 9.59 Å². The van der Waals surface area contributed by atoms with Gasteiger partial charge in [-0.15, -0.1) is 0 Å². The lowest BCUT2D eigenvalue weighted by atomic mass is 10.2. The van der Waals surface area contributed by atoms with Gasteiger partial charge in [0.25, 0.3) is 0 Å². The third-order valence-electron chi connectivity index (χ3n) is 4.97. The molecule has 138 valence electrons. The molecule has 25 heavy (non-hydrogen) atoms. The number of nitrogens with zero attached hydrogens (tertiary/aromatic N) is 7. The minimum Gasteiger partial charge on any atom is -0.343 e. The number of aromatic nitrogens is 4. The molecule has 2 fully saturated rings. The smallest absolute Gasteiger partial charge is 0.246 e. The molecule has 0 N–H and O–H groups in total. The summed E-state index contributed by atoms with van der Waals surface area (Å²) in [5.41, 5.74) is 0. The number of rotatable bonds is 6. The molecule has 0 aromatic carbocycles. The Hall–Kier alpha value is -2.19. The summed E-state index contributed by atoms with van der Waals surface area (Å²) in [5, 5.41) is 11.9. The molecule has 2 aliphatic heterocycles. The van der Waals surface area contributed by atoms with Gasteiger partial charge in [0, 0.05) is 45.7 Å². The van der Waals surface area contributed by atoms with Crippen molar-refractivity contribution < 1.29 is 9.59 Å². The molecule has 9 nitrogen and oxygen atoms in total. The van der Waals surface area contributed by atoms with Crippen LogP contribution in [0.1, 0.15) is 39.0 Å².